The van der Waals surface area contributed by atoms with Crippen molar-refractivity contribution in [1.82, 2.24) is 19.8 Å². The van der Waals surface area contributed by atoms with E-state index in [-0.39, 0.29) is 0 Å². The maximum absolute atomic E-state index is 4.39. The molecule has 1 N–H and O–H groups in total. The Morgan fingerprint density at radius 1 is 1.47 bits per heavy atom. The van der Waals surface area contributed by atoms with Crippen LogP contribution in [-0.4, -0.2) is 41.1 Å². The zero-order chi connectivity index (χ0) is 13.8. The molecule has 0 aromatic carbocycles. The molecule has 2 rings (SSSR count). The van der Waals surface area contributed by atoms with Crippen LogP contribution in [0, 0.1) is 5.92 Å². The van der Waals surface area contributed by atoms with Gasteiger partial charge in [0.2, 0.25) is 0 Å². The highest BCUT2D eigenvalue weighted by atomic mass is 15.2. The van der Waals surface area contributed by atoms with Gasteiger partial charge in [0.15, 0.2) is 0 Å². The molecule has 108 valence electrons. The summed E-state index contributed by atoms with van der Waals surface area (Å²) in [6.45, 7) is 10.2. The van der Waals surface area contributed by atoms with E-state index in [2.05, 4.69) is 53.8 Å². The van der Waals surface area contributed by atoms with Crippen molar-refractivity contribution in [3.05, 3.63) is 18.2 Å². The van der Waals surface area contributed by atoms with Crippen LogP contribution in [0.3, 0.4) is 0 Å². The minimum Gasteiger partial charge on any atom is -0.331 e. The Labute approximate surface area is 117 Å². The highest BCUT2D eigenvalue weighted by molar-refractivity contribution is 5.11. The van der Waals surface area contributed by atoms with Gasteiger partial charge in [0.25, 0.3) is 0 Å². The van der Waals surface area contributed by atoms with Crippen molar-refractivity contribution in [2.24, 2.45) is 5.92 Å². The third-order valence-electron chi connectivity index (χ3n) is 4.16. The summed E-state index contributed by atoms with van der Waals surface area (Å²) in [5.41, 5.74) is 1.39. The second kappa shape index (κ2) is 6.53. The standard InChI is InChI=1S/C15H28N4/c1-5-7-18-8-6-13(9-16-4)15(18)14-10-17-11-19(14)12(2)3/h10-13,15-16H,5-9H2,1-4H3. The summed E-state index contributed by atoms with van der Waals surface area (Å²) < 4.78 is 2.33. The van der Waals surface area contributed by atoms with E-state index in [9.17, 15) is 0 Å². The van der Waals surface area contributed by atoms with E-state index >= 15 is 0 Å². The molecule has 2 heterocycles. The molecule has 1 aliphatic heterocycles. The van der Waals surface area contributed by atoms with Crippen LogP contribution < -0.4 is 5.32 Å². The van der Waals surface area contributed by atoms with Crippen molar-refractivity contribution in [3.63, 3.8) is 0 Å². The largest absolute Gasteiger partial charge is 0.331 e. The fourth-order valence-electron chi connectivity index (χ4n) is 3.34. The van der Waals surface area contributed by atoms with E-state index in [0.717, 1.165) is 6.54 Å². The lowest BCUT2D eigenvalue weighted by atomic mass is 9.97. The maximum atomic E-state index is 4.39. The van der Waals surface area contributed by atoms with Crippen LogP contribution in [-0.2, 0) is 0 Å². The third kappa shape index (κ3) is 3.00. The lowest BCUT2D eigenvalue weighted by Crippen LogP contribution is -2.31. The average molecular weight is 264 g/mol. The monoisotopic (exact) mass is 264 g/mol. The molecule has 4 heteroatoms. The van der Waals surface area contributed by atoms with E-state index in [1.54, 1.807) is 0 Å². The minimum atomic E-state index is 0.483. The van der Waals surface area contributed by atoms with E-state index in [1.807, 2.05) is 6.33 Å². The summed E-state index contributed by atoms with van der Waals surface area (Å²) in [5, 5.41) is 3.36. The summed E-state index contributed by atoms with van der Waals surface area (Å²) in [6.07, 6.45) is 6.56. The van der Waals surface area contributed by atoms with E-state index < -0.39 is 0 Å². The number of imidazole rings is 1. The summed E-state index contributed by atoms with van der Waals surface area (Å²) in [6, 6.07) is 1.01. The molecular weight excluding hydrogens is 236 g/mol. The topological polar surface area (TPSA) is 33.1 Å². The quantitative estimate of drug-likeness (QED) is 0.857. The summed E-state index contributed by atoms with van der Waals surface area (Å²) in [5.74, 6) is 0.700. The molecule has 1 aliphatic rings. The third-order valence-corrected chi connectivity index (χ3v) is 4.16. The number of aromatic nitrogens is 2. The first-order valence-corrected chi connectivity index (χ1v) is 7.59. The van der Waals surface area contributed by atoms with E-state index in [1.165, 1.54) is 31.6 Å². The predicted octanol–water partition coefficient (Wildman–Crippen LogP) is 2.46. The zero-order valence-electron chi connectivity index (χ0n) is 12.8. The Hall–Kier alpha value is -0.870. The van der Waals surface area contributed by atoms with Gasteiger partial charge in [-0.1, -0.05) is 6.92 Å². The number of rotatable bonds is 6. The lowest BCUT2D eigenvalue weighted by molar-refractivity contribution is 0.216. The van der Waals surface area contributed by atoms with Gasteiger partial charge in [-0.2, -0.15) is 0 Å². The van der Waals surface area contributed by atoms with Crippen LogP contribution >= 0.6 is 0 Å². The van der Waals surface area contributed by atoms with E-state index in [4.69, 9.17) is 0 Å². The Morgan fingerprint density at radius 3 is 2.89 bits per heavy atom. The number of hydrogen-bond acceptors (Lipinski definition) is 3. The zero-order valence-corrected chi connectivity index (χ0v) is 12.8. The van der Waals surface area contributed by atoms with Crippen LogP contribution in [0.4, 0.5) is 0 Å². The lowest BCUT2D eigenvalue weighted by Gasteiger charge is -2.29. The summed E-state index contributed by atoms with van der Waals surface area (Å²) >= 11 is 0. The molecule has 0 amide bonds. The molecule has 0 radical (unpaired) electrons. The fraction of sp³-hybridized carbons (Fsp3) is 0.800. The first-order chi connectivity index (χ1) is 9.19. The SMILES string of the molecule is CCCN1CCC(CNC)C1c1cncn1C(C)C. The highest BCUT2D eigenvalue weighted by Gasteiger charge is 2.36. The maximum Gasteiger partial charge on any atom is 0.0951 e. The molecular formula is C15H28N4. The second-order valence-corrected chi connectivity index (χ2v) is 5.91. The normalized spacial score (nSPS) is 24.5. The number of nitrogens with zero attached hydrogens (tertiary/aromatic N) is 3. The van der Waals surface area contributed by atoms with Gasteiger partial charge >= 0.3 is 0 Å². The first-order valence-electron chi connectivity index (χ1n) is 7.59. The van der Waals surface area contributed by atoms with Gasteiger partial charge in [-0.3, -0.25) is 4.90 Å². The summed E-state index contributed by atoms with van der Waals surface area (Å²) in [4.78, 5) is 7.03. The Kier molecular flexibility index (Phi) is 4.99. The van der Waals surface area contributed by atoms with Gasteiger partial charge in [0.1, 0.15) is 0 Å². The molecule has 0 spiro atoms. The number of likely N-dealkylation sites (tertiary alicyclic amines) is 1. The number of nitrogens with one attached hydrogen (secondary N) is 1. The number of hydrogen-bond donors (Lipinski definition) is 1. The molecule has 19 heavy (non-hydrogen) atoms. The van der Waals surface area contributed by atoms with Crippen LogP contribution in [0.15, 0.2) is 12.5 Å². The van der Waals surface area contributed by atoms with Gasteiger partial charge in [-0.05, 0) is 59.3 Å². The molecule has 0 aliphatic carbocycles. The van der Waals surface area contributed by atoms with Crippen molar-refractivity contribution in [2.45, 2.75) is 45.7 Å². The Morgan fingerprint density at radius 2 is 2.26 bits per heavy atom. The summed E-state index contributed by atoms with van der Waals surface area (Å²) in [7, 11) is 2.05. The van der Waals surface area contributed by atoms with Crippen molar-refractivity contribution < 1.29 is 0 Å². The molecule has 1 fully saturated rings. The van der Waals surface area contributed by atoms with Crippen LogP contribution in [0.5, 0.6) is 0 Å². The van der Waals surface area contributed by atoms with Gasteiger partial charge < -0.3 is 9.88 Å². The van der Waals surface area contributed by atoms with Crippen LogP contribution in [0.2, 0.25) is 0 Å². The van der Waals surface area contributed by atoms with Crippen molar-refractivity contribution in [3.8, 4) is 0 Å². The molecule has 0 bridgehead atoms. The van der Waals surface area contributed by atoms with Crippen molar-refractivity contribution in [2.75, 3.05) is 26.7 Å². The highest BCUT2D eigenvalue weighted by Crippen LogP contribution is 2.37. The molecule has 1 aromatic rings. The smallest absolute Gasteiger partial charge is 0.0951 e. The Balaban J connectivity index is 2.26. The predicted molar refractivity (Wildman–Crippen MR) is 79.3 cm³/mol. The second-order valence-electron chi connectivity index (χ2n) is 5.91. The van der Waals surface area contributed by atoms with Crippen molar-refractivity contribution in [1.29, 1.82) is 0 Å². The van der Waals surface area contributed by atoms with Gasteiger partial charge in [0, 0.05) is 12.2 Å². The van der Waals surface area contributed by atoms with Gasteiger partial charge in [-0.25, -0.2) is 4.98 Å². The molecule has 1 saturated heterocycles. The first kappa shape index (κ1) is 14.5. The fourth-order valence-corrected chi connectivity index (χ4v) is 3.34. The van der Waals surface area contributed by atoms with Crippen LogP contribution in [0.25, 0.3) is 0 Å². The minimum absolute atomic E-state index is 0.483. The van der Waals surface area contributed by atoms with Crippen LogP contribution in [0.1, 0.15) is 51.4 Å². The van der Waals surface area contributed by atoms with Crippen molar-refractivity contribution >= 4 is 0 Å². The van der Waals surface area contributed by atoms with E-state index in [0.29, 0.717) is 18.0 Å². The molecule has 4 nitrogen and oxygen atoms in total. The van der Waals surface area contributed by atoms with Gasteiger partial charge in [-0.15, -0.1) is 0 Å². The molecule has 2 unspecified atom stereocenters. The molecule has 2 atom stereocenters. The van der Waals surface area contributed by atoms with Gasteiger partial charge in [0.05, 0.1) is 18.1 Å². The molecule has 0 saturated carbocycles. The Bertz CT molecular complexity index is 371. The molecule has 1 aromatic heterocycles. The average Bonchev–Trinajstić information content (AvgIpc) is 2.97.